The van der Waals surface area contributed by atoms with Gasteiger partial charge in [-0.15, -0.1) is 11.8 Å². The average molecular weight is 287 g/mol. The molecule has 1 atom stereocenters. The average Bonchev–Trinajstić information content (AvgIpc) is 2.84. The van der Waals surface area contributed by atoms with E-state index < -0.39 is 0 Å². The highest BCUT2D eigenvalue weighted by Gasteiger charge is 2.23. The normalized spacial score (nSPS) is 17.0. The lowest BCUT2D eigenvalue weighted by Gasteiger charge is -2.15. The number of thioether (sulfide) groups is 1. The first kappa shape index (κ1) is 13.2. The van der Waals surface area contributed by atoms with Crippen molar-refractivity contribution in [2.45, 2.75) is 17.4 Å². The smallest absolute Gasteiger partial charge is 0.268 e. The number of anilines is 1. The van der Waals surface area contributed by atoms with Crippen LogP contribution in [-0.2, 0) is 6.54 Å². The third kappa shape index (κ3) is 2.45. The summed E-state index contributed by atoms with van der Waals surface area (Å²) in [5.41, 5.74) is 2.14. The minimum absolute atomic E-state index is 0.0365. The molecular weight excluding hydrogens is 270 g/mol. The SMILES string of the molecule is CN(C)c1cnn(CC2CSc3ccccc32)c(=O)c1. The predicted molar refractivity (Wildman–Crippen MR) is 82.7 cm³/mol. The minimum Gasteiger partial charge on any atom is -0.376 e. The summed E-state index contributed by atoms with van der Waals surface area (Å²) in [6, 6.07) is 10.1. The molecule has 0 saturated heterocycles. The second-order valence-corrected chi connectivity index (χ2v) is 6.24. The van der Waals surface area contributed by atoms with Crippen LogP contribution in [0.4, 0.5) is 5.69 Å². The molecule has 104 valence electrons. The van der Waals surface area contributed by atoms with Crippen LogP contribution in [0.25, 0.3) is 0 Å². The standard InChI is InChI=1S/C15H17N3OS/c1-17(2)12-7-15(19)18(16-8-12)9-11-10-20-14-6-4-3-5-13(11)14/h3-8,11H,9-10H2,1-2H3. The molecule has 0 saturated carbocycles. The second kappa shape index (κ2) is 5.32. The number of nitrogens with zero attached hydrogens (tertiary/aromatic N) is 3. The van der Waals surface area contributed by atoms with E-state index in [4.69, 9.17) is 0 Å². The van der Waals surface area contributed by atoms with Crippen LogP contribution in [0, 0.1) is 0 Å². The number of rotatable bonds is 3. The molecule has 1 aromatic carbocycles. The quantitative estimate of drug-likeness (QED) is 0.867. The Bertz CT molecular complexity index is 681. The van der Waals surface area contributed by atoms with Crippen molar-refractivity contribution in [3.63, 3.8) is 0 Å². The summed E-state index contributed by atoms with van der Waals surface area (Å²) in [5.74, 6) is 1.38. The number of hydrogen-bond donors (Lipinski definition) is 0. The fourth-order valence-electron chi connectivity index (χ4n) is 2.39. The van der Waals surface area contributed by atoms with Crippen molar-refractivity contribution in [2.75, 3.05) is 24.7 Å². The van der Waals surface area contributed by atoms with E-state index in [0.29, 0.717) is 12.5 Å². The summed E-state index contributed by atoms with van der Waals surface area (Å²) in [6.07, 6.45) is 1.75. The van der Waals surface area contributed by atoms with Crippen molar-refractivity contribution < 1.29 is 0 Å². The maximum atomic E-state index is 12.1. The van der Waals surface area contributed by atoms with Gasteiger partial charge in [-0.05, 0) is 11.6 Å². The molecule has 3 rings (SSSR count). The monoisotopic (exact) mass is 287 g/mol. The largest absolute Gasteiger partial charge is 0.376 e. The molecule has 20 heavy (non-hydrogen) atoms. The maximum Gasteiger partial charge on any atom is 0.268 e. The highest BCUT2D eigenvalue weighted by Crippen LogP contribution is 2.39. The van der Waals surface area contributed by atoms with Crippen molar-refractivity contribution in [2.24, 2.45) is 0 Å². The lowest BCUT2D eigenvalue weighted by molar-refractivity contribution is 0.522. The first-order chi connectivity index (χ1) is 9.65. The van der Waals surface area contributed by atoms with Crippen LogP contribution in [0.2, 0.25) is 0 Å². The molecular formula is C15H17N3OS. The summed E-state index contributed by atoms with van der Waals surface area (Å²) in [4.78, 5) is 15.3. The fraction of sp³-hybridized carbons (Fsp3) is 0.333. The van der Waals surface area contributed by atoms with Crippen molar-refractivity contribution in [3.05, 3.63) is 52.4 Å². The molecule has 2 heterocycles. The maximum absolute atomic E-state index is 12.1. The zero-order valence-corrected chi connectivity index (χ0v) is 12.4. The molecule has 0 aliphatic carbocycles. The van der Waals surface area contributed by atoms with E-state index in [1.807, 2.05) is 30.8 Å². The van der Waals surface area contributed by atoms with Crippen LogP contribution >= 0.6 is 11.8 Å². The van der Waals surface area contributed by atoms with Gasteiger partial charge in [0.15, 0.2) is 0 Å². The molecule has 0 radical (unpaired) electrons. The van der Waals surface area contributed by atoms with Gasteiger partial charge in [-0.25, -0.2) is 4.68 Å². The molecule has 0 N–H and O–H groups in total. The van der Waals surface area contributed by atoms with E-state index >= 15 is 0 Å². The first-order valence-corrected chi connectivity index (χ1v) is 7.60. The minimum atomic E-state index is -0.0365. The third-order valence-electron chi connectivity index (χ3n) is 3.56. The van der Waals surface area contributed by atoms with E-state index in [9.17, 15) is 4.79 Å². The molecule has 0 fully saturated rings. The van der Waals surface area contributed by atoms with Crippen LogP contribution in [0.1, 0.15) is 11.5 Å². The Labute approximate surface area is 122 Å². The number of benzene rings is 1. The Morgan fingerprint density at radius 1 is 1.40 bits per heavy atom. The molecule has 1 aliphatic rings. The van der Waals surface area contributed by atoms with E-state index in [2.05, 4.69) is 29.4 Å². The topological polar surface area (TPSA) is 38.1 Å². The van der Waals surface area contributed by atoms with Gasteiger partial charge in [0, 0.05) is 36.7 Å². The number of hydrogen-bond acceptors (Lipinski definition) is 4. The summed E-state index contributed by atoms with van der Waals surface area (Å²) < 4.78 is 1.57. The Morgan fingerprint density at radius 2 is 2.20 bits per heavy atom. The lowest BCUT2D eigenvalue weighted by Crippen LogP contribution is -2.26. The van der Waals surface area contributed by atoms with E-state index in [1.165, 1.54) is 10.5 Å². The van der Waals surface area contributed by atoms with E-state index in [0.717, 1.165) is 11.4 Å². The lowest BCUT2D eigenvalue weighted by atomic mass is 10.0. The van der Waals surface area contributed by atoms with Crippen molar-refractivity contribution in [1.82, 2.24) is 9.78 Å². The zero-order valence-electron chi connectivity index (χ0n) is 11.6. The van der Waals surface area contributed by atoms with Crippen LogP contribution in [-0.4, -0.2) is 29.6 Å². The Balaban J connectivity index is 1.85. The van der Waals surface area contributed by atoms with Crippen LogP contribution in [0.3, 0.4) is 0 Å². The summed E-state index contributed by atoms with van der Waals surface area (Å²) in [5, 5.41) is 4.29. The van der Waals surface area contributed by atoms with Gasteiger partial charge < -0.3 is 4.90 Å². The summed E-state index contributed by atoms with van der Waals surface area (Å²) in [7, 11) is 3.81. The molecule has 5 heteroatoms. The van der Waals surface area contributed by atoms with Crippen LogP contribution in [0.5, 0.6) is 0 Å². The number of aromatic nitrogens is 2. The second-order valence-electron chi connectivity index (χ2n) is 5.17. The first-order valence-electron chi connectivity index (χ1n) is 6.61. The van der Waals surface area contributed by atoms with E-state index in [-0.39, 0.29) is 5.56 Å². The molecule has 0 spiro atoms. The van der Waals surface area contributed by atoms with Crippen LogP contribution in [0.15, 0.2) is 46.2 Å². The third-order valence-corrected chi connectivity index (χ3v) is 4.82. The Morgan fingerprint density at radius 3 is 2.95 bits per heavy atom. The van der Waals surface area contributed by atoms with E-state index in [1.54, 1.807) is 16.9 Å². The van der Waals surface area contributed by atoms with Gasteiger partial charge in [0.2, 0.25) is 0 Å². The molecule has 1 aliphatic heterocycles. The zero-order chi connectivity index (χ0) is 14.1. The van der Waals surface area contributed by atoms with Crippen molar-refractivity contribution in [3.8, 4) is 0 Å². The van der Waals surface area contributed by atoms with Gasteiger partial charge in [-0.1, -0.05) is 18.2 Å². The van der Waals surface area contributed by atoms with Gasteiger partial charge in [-0.3, -0.25) is 4.79 Å². The Hall–Kier alpha value is -1.75. The molecule has 1 unspecified atom stereocenters. The Kier molecular flexibility index (Phi) is 3.53. The molecule has 0 amide bonds. The van der Waals surface area contributed by atoms with Crippen molar-refractivity contribution >= 4 is 17.4 Å². The highest BCUT2D eigenvalue weighted by molar-refractivity contribution is 7.99. The van der Waals surface area contributed by atoms with Gasteiger partial charge in [0.25, 0.3) is 5.56 Å². The van der Waals surface area contributed by atoms with Gasteiger partial charge in [0.1, 0.15) is 0 Å². The molecule has 1 aromatic heterocycles. The fourth-order valence-corrected chi connectivity index (χ4v) is 3.64. The van der Waals surface area contributed by atoms with Crippen molar-refractivity contribution in [1.29, 1.82) is 0 Å². The molecule has 0 bridgehead atoms. The van der Waals surface area contributed by atoms with Gasteiger partial charge >= 0.3 is 0 Å². The summed E-state index contributed by atoms with van der Waals surface area (Å²) >= 11 is 1.86. The summed E-state index contributed by atoms with van der Waals surface area (Å²) in [6.45, 7) is 0.649. The van der Waals surface area contributed by atoms with Gasteiger partial charge in [-0.2, -0.15) is 5.10 Å². The molecule has 2 aromatic rings. The highest BCUT2D eigenvalue weighted by atomic mass is 32.2. The predicted octanol–water partition coefficient (Wildman–Crippen LogP) is 2.20. The molecule has 4 nitrogen and oxygen atoms in total. The van der Waals surface area contributed by atoms with Gasteiger partial charge in [0.05, 0.1) is 18.4 Å². The number of fused-ring (bicyclic) bond motifs is 1. The van der Waals surface area contributed by atoms with Crippen LogP contribution < -0.4 is 10.5 Å².